The quantitative estimate of drug-likeness (QED) is 0.289. The van der Waals surface area contributed by atoms with E-state index in [-0.39, 0.29) is 35.9 Å². The number of ether oxygens (including phenoxy) is 1. The Labute approximate surface area is 345 Å². The standard InChI is InChI=1S/C46H53N7O6/c1-4-30-23-37(10-7-32(30)26-47)49(2)34-11-13-35(14-12-34)50(3)44(56)31-5-8-36(9-6-31)52-19-17-29(18-20-52)27-51-21-22-59-41-25-39-38(24-33(41)28-51)45(57)53(46(39)58)40-15-16-42(54)48-43(40)55/h5-10,23-25,29,34-35,40H,4,11-22,27-28H2,1-3H3,(H,48,54,55). The fourth-order valence-corrected chi connectivity index (χ4v) is 9.73. The number of carbonyl (C=O) groups is 5. The van der Waals surface area contributed by atoms with Gasteiger partial charge < -0.3 is 19.4 Å². The second kappa shape index (κ2) is 16.9. The summed E-state index contributed by atoms with van der Waals surface area (Å²) in [7, 11) is 4.07. The number of benzene rings is 3. The first kappa shape index (κ1) is 40.1. The molecule has 1 N–H and O–H groups in total. The van der Waals surface area contributed by atoms with E-state index >= 15 is 0 Å². The van der Waals surface area contributed by atoms with Crippen molar-refractivity contribution >= 4 is 40.9 Å². The minimum Gasteiger partial charge on any atom is -0.492 e. The molecule has 1 saturated carbocycles. The number of imide groups is 2. The fraction of sp³-hybridized carbons (Fsp3) is 0.478. The maximum absolute atomic E-state index is 13.6. The van der Waals surface area contributed by atoms with E-state index in [2.05, 4.69) is 58.3 Å². The minimum atomic E-state index is -1.00. The minimum absolute atomic E-state index is 0.0577. The van der Waals surface area contributed by atoms with Gasteiger partial charge in [0.05, 0.1) is 22.8 Å². The van der Waals surface area contributed by atoms with Crippen molar-refractivity contribution in [2.45, 2.75) is 89.4 Å². The van der Waals surface area contributed by atoms with Crippen LogP contribution >= 0.6 is 0 Å². The topological polar surface area (TPSA) is 147 Å². The van der Waals surface area contributed by atoms with Crippen LogP contribution in [-0.4, -0.2) is 109 Å². The van der Waals surface area contributed by atoms with Crippen LogP contribution in [0, 0.1) is 17.2 Å². The summed E-state index contributed by atoms with van der Waals surface area (Å²) in [6.07, 6.45) is 6.98. The SMILES string of the molecule is CCc1cc(N(C)C2CCC(N(C)C(=O)c3ccc(N4CCC(CN5CCOc6cc7c(cc6C5)C(=O)N(C5CCC(=O)NC5=O)C7=O)CC4)cc3)CC2)ccc1C#N. The van der Waals surface area contributed by atoms with Crippen molar-refractivity contribution in [3.8, 4) is 11.8 Å². The maximum Gasteiger partial charge on any atom is 0.262 e. The normalized spacial score (nSPS) is 22.5. The average Bonchev–Trinajstić information content (AvgIpc) is 3.36. The van der Waals surface area contributed by atoms with Gasteiger partial charge in [0.2, 0.25) is 11.8 Å². The van der Waals surface area contributed by atoms with Gasteiger partial charge in [-0.3, -0.25) is 39.1 Å². The van der Waals surface area contributed by atoms with Crippen LogP contribution in [0.3, 0.4) is 0 Å². The van der Waals surface area contributed by atoms with Crippen LogP contribution in [-0.2, 0) is 22.6 Å². The summed E-state index contributed by atoms with van der Waals surface area (Å²) in [5.74, 6) is -0.940. The smallest absolute Gasteiger partial charge is 0.262 e. The van der Waals surface area contributed by atoms with Crippen molar-refractivity contribution < 1.29 is 28.7 Å². The number of rotatable bonds is 9. The van der Waals surface area contributed by atoms with E-state index in [9.17, 15) is 29.2 Å². The molecule has 3 fully saturated rings. The number of nitriles is 1. The monoisotopic (exact) mass is 799 g/mol. The summed E-state index contributed by atoms with van der Waals surface area (Å²) in [5, 5.41) is 11.7. The zero-order valence-electron chi connectivity index (χ0n) is 34.2. The number of hydrogen-bond donors (Lipinski definition) is 1. The van der Waals surface area contributed by atoms with Gasteiger partial charge in [0.1, 0.15) is 18.4 Å². The Hall–Kier alpha value is -5.74. The number of piperidine rings is 2. The number of carbonyl (C=O) groups excluding carboxylic acids is 5. The molecule has 5 amide bonds. The van der Waals surface area contributed by atoms with Crippen LogP contribution < -0.4 is 19.9 Å². The summed E-state index contributed by atoms with van der Waals surface area (Å²) in [6, 6.07) is 19.5. The van der Waals surface area contributed by atoms with E-state index in [1.165, 1.54) is 0 Å². The highest BCUT2D eigenvalue weighted by atomic mass is 16.5. The number of hydrogen-bond acceptors (Lipinski definition) is 10. The number of fused-ring (bicyclic) bond motifs is 2. The number of nitrogens with zero attached hydrogens (tertiary/aromatic N) is 6. The summed E-state index contributed by atoms with van der Waals surface area (Å²) in [5.41, 5.74) is 6.14. The van der Waals surface area contributed by atoms with Gasteiger partial charge in [0.15, 0.2) is 0 Å². The summed E-state index contributed by atoms with van der Waals surface area (Å²) >= 11 is 0. The number of nitrogens with one attached hydrogen (secondary N) is 1. The molecule has 2 saturated heterocycles. The van der Waals surface area contributed by atoms with E-state index < -0.39 is 29.7 Å². The lowest BCUT2D eigenvalue weighted by molar-refractivity contribution is -0.136. The highest BCUT2D eigenvalue weighted by Gasteiger charge is 2.45. The molecule has 13 heteroatoms. The van der Waals surface area contributed by atoms with E-state index in [4.69, 9.17) is 4.74 Å². The highest BCUT2D eigenvalue weighted by Crippen LogP contribution is 2.36. The second-order valence-electron chi connectivity index (χ2n) is 16.8. The lowest BCUT2D eigenvalue weighted by Gasteiger charge is -2.39. The maximum atomic E-state index is 13.6. The Morgan fingerprint density at radius 2 is 1.56 bits per heavy atom. The molecule has 308 valence electrons. The van der Waals surface area contributed by atoms with Crippen molar-refractivity contribution in [3.05, 3.63) is 88.0 Å². The molecule has 3 aromatic carbocycles. The molecule has 4 heterocycles. The van der Waals surface area contributed by atoms with Gasteiger partial charge in [-0.25, -0.2) is 0 Å². The Balaban J connectivity index is 0.813. The third-order valence-corrected chi connectivity index (χ3v) is 13.4. The average molecular weight is 800 g/mol. The molecule has 0 aromatic heterocycles. The van der Waals surface area contributed by atoms with Gasteiger partial charge in [0.25, 0.3) is 17.7 Å². The number of aryl methyl sites for hydroxylation is 1. The lowest BCUT2D eigenvalue weighted by Crippen LogP contribution is -2.54. The molecule has 1 aliphatic carbocycles. The predicted molar refractivity (Wildman–Crippen MR) is 222 cm³/mol. The van der Waals surface area contributed by atoms with Gasteiger partial charge in [-0.2, -0.15) is 5.26 Å². The Morgan fingerprint density at radius 1 is 0.864 bits per heavy atom. The first-order chi connectivity index (χ1) is 28.5. The Kier molecular flexibility index (Phi) is 11.4. The van der Waals surface area contributed by atoms with Gasteiger partial charge in [0, 0.05) is 87.8 Å². The molecule has 3 aromatic rings. The summed E-state index contributed by atoms with van der Waals surface area (Å²) in [4.78, 5) is 74.6. The Bertz CT molecular complexity index is 2180. The molecule has 1 unspecified atom stereocenters. The molecule has 4 aliphatic heterocycles. The van der Waals surface area contributed by atoms with Crippen LogP contribution in [0.15, 0.2) is 54.6 Å². The van der Waals surface area contributed by atoms with E-state index in [0.717, 1.165) is 104 Å². The van der Waals surface area contributed by atoms with Crippen molar-refractivity contribution in [1.82, 2.24) is 20.0 Å². The largest absolute Gasteiger partial charge is 0.492 e. The zero-order valence-corrected chi connectivity index (χ0v) is 34.2. The summed E-state index contributed by atoms with van der Waals surface area (Å²) in [6.45, 7) is 6.57. The fourth-order valence-electron chi connectivity index (χ4n) is 9.73. The van der Waals surface area contributed by atoms with Crippen LogP contribution in [0.1, 0.15) is 106 Å². The van der Waals surface area contributed by atoms with Crippen molar-refractivity contribution in [2.24, 2.45) is 5.92 Å². The van der Waals surface area contributed by atoms with Gasteiger partial charge in [-0.15, -0.1) is 0 Å². The number of anilines is 2. The lowest BCUT2D eigenvalue weighted by atomic mass is 9.89. The molecule has 59 heavy (non-hydrogen) atoms. The number of amides is 5. The second-order valence-corrected chi connectivity index (χ2v) is 16.8. The first-order valence-corrected chi connectivity index (χ1v) is 21.1. The molecule has 1 atom stereocenters. The molecule has 0 bridgehead atoms. The molecule has 5 aliphatic rings. The molecule has 0 spiro atoms. The van der Waals surface area contributed by atoms with E-state index in [1.54, 1.807) is 12.1 Å². The predicted octanol–water partition coefficient (Wildman–Crippen LogP) is 5.15. The Morgan fingerprint density at radius 3 is 2.24 bits per heavy atom. The van der Waals surface area contributed by atoms with Crippen molar-refractivity contribution in [1.29, 1.82) is 5.26 Å². The molecular formula is C46H53N7O6. The van der Waals surface area contributed by atoms with Crippen LogP contribution in [0.4, 0.5) is 11.4 Å². The van der Waals surface area contributed by atoms with Gasteiger partial charge in [-0.1, -0.05) is 6.92 Å². The molecule has 8 rings (SSSR count). The third-order valence-electron chi connectivity index (χ3n) is 13.4. The van der Waals surface area contributed by atoms with Gasteiger partial charge in [-0.05, 0) is 117 Å². The van der Waals surface area contributed by atoms with E-state index in [1.807, 2.05) is 36.2 Å². The summed E-state index contributed by atoms with van der Waals surface area (Å²) < 4.78 is 6.09. The van der Waals surface area contributed by atoms with Crippen molar-refractivity contribution in [2.75, 3.05) is 56.7 Å². The molecular weight excluding hydrogens is 747 g/mol. The third kappa shape index (κ3) is 8.02. The molecule has 0 radical (unpaired) electrons. The van der Waals surface area contributed by atoms with Crippen LogP contribution in [0.2, 0.25) is 0 Å². The van der Waals surface area contributed by atoms with Crippen LogP contribution in [0.25, 0.3) is 0 Å². The highest BCUT2D eigenvalue weighted by molar-refractivity contribution is 6.23. The van der Waals surface area contributed by atoms with E-state index in [0.29, 0.717) is 36.4 Å². The van der Waals surface area contributed by atoms with Crippen LogP contribution in [0.5, 0.6) is 5.75 Å². The van der Waals surface area contributed by atoms with Crippen molar-refractivity contribution in [3.63, 3.8) is 0 Å². The molecule has 13 nitrogen and oxygen atoms in total. The first-order valence-electron chi connectivity index (χ1n) is 21.1. The zero-order chi connectivity index (χ0) is 41.4. The van der Waals surface area contributed by atoms with Gasteiger partial charge >= 0.3 is 0 Å².